The van der Waals surface area contributed by atoms with Gasteiger partial charge < -0.3 is 26.0 Å². The largest absolute Gasteiger partial charge is 0.444 e. The third-order valence-corrected chi connectivity index (χ3v) is 5.13. The zero-order valence-electron chi connectivity index (χ0n) is 23.1. The Balaban J connectivity index is 3.55. The van der Waals surface area contributed by atoms with Crippen LogP contribution in [0.3, 0.4) is 0 Å². The van der Waals surface area contributed by atoms with Crippen LogP contribution < -0.4 is 16.4 Å². The van der Waals surface area contributed by atoms with Crippen LogP contribution in [0.15, 0.2) is 24.3 Å². The van der Waals surface area contributed by atoms with Gasteiger partial charge in [0.25, 0.3) is 0 Å². The van der Waals surface area contributed by atoms with Crippen molar-refractivity contribution in [3.63, 3.8) is 0 Å². The maximum atomic E-state index is 13.9. The molecule has 1 aromatic rings. The van der Waals surface area contributed by atoms with E-state index in [1.165, 1.54) is 4.90 Å². The van der Waals surface area contributed by atoms with E-state index in [-0.39, 0.29) is 6.54 Å². The summed E-state index contributed by atoms with van der Waals surface area (Å²) < 4.78 is 5.29. The van der Waals surface area contributed by atoms with Crippen LogP contribution in [-0.4, -0.2) is 52.4 Å². The van der Waals surface area contributed by atoms with Crippen molar-refractivity contribution < 1.29 is 23.9 Å². The summed E-state index contributed by atoms with van der Waals surface area (Å²) in [6.45, 7) is 12.8. The molecule has 2 unspecified atom stereocenters. The Bertz CT molecular complexity index is 984. The highest BCUT2D eigenvalue weighted by atomic mass is 16.6. The SMILES string of the molecule is C#Cc1ccc(C(C(=O)NC(C)(C)C)N(CCCCC)C(=O)C(CC(N)=O)NC(=O)OC(C)(C)C)cc1. The number of unbranched alkanes of at least 4 members (excludes halogenated alkanes) is 2. The van der Waals surface area contributed by atoms with Crippen molar-refractivity contribution in [2.75, 3.05) is 6.54 Å². The lowest BCUT2D eigenvalue weighted by molar-refractivity contribution is -0.144. The number of carbonyl (C=O) groups excluding carboxylic acids is 4. The van der Waals surface area contributed by atoms with Gasteiger partial charge in [0.2, 0.25) is 17.7 Å². The van der Waals surface area contributed by atoms with Crippen LogP contribution in [0.25, 0.3) is 0 Å². The van der Waals surface area contributed by atoms with Crippen molar-refractivity contribution >= 4 is 23.8 Å². The Kier molecular flexibility index (Phi) is 11.6. The normalized spacial score (nSPS) is 13.0. The monoisotopic (exact) mass is 514 g/mol. The number of hydrogen-bond donors (Lipinski definition) is 3. The standard InChI is InChI=1S/C28H42N4O5/c1-9-11-12-17-32(25(35)21(18-22(29)33)30-26(36)37-28(6,7)8)23(24(34)31-27(3,4)5)20-15-13-19(10-2)14-16-20/h2,13-16,21,23H,9,11-12,17-18H2,1,3-8H3,(H2,29,33)(H,30,36)(H,31,34). The number of hydrogen-bond acceptors (Lipinski definition) is 5. The van der Waals surface area contributed by atoms with Crippen molar-refractivity contribution in [1.29, 1.82) is 0 Å². The third-order valence-electron chi connectivity index (χ3n) is 5.13. The molecule has 0 saturated heterocycles. The Morgan fingerprint density at radius 3 is 2.11 bits per heavy atom. The van der Waals surface area contributed by atoms with Gasteiger partial charge in [0.05, 0.1) is 6.42 Å². The number of ether oxygens (including phenoxy) is 1. The summed E-state index contributed by atoms with van der Waals surface area (Å²) in [6, 6.07) is 4.44. The molecule has 204 valence electrons. The van der Waals surface area contributed by atoms with Crippen LogP contribution >= 0.6 is 0 Å². The molecule has 0 radical (unpaired) electrons. The molecule has 9 heteroatoms. The van der Waals surface area contributed by atoms with E-state index in [4.69, 9.17) is 16.9 Å². The van der Waals surface area contributed by atoms with Crippen LogP contribution in [0, 0.1) is 12.3 Å². The van der Waals surface area contributed by atoms with Gasteiger partial charge >= 0.3 is 6.09 Å². The van der Waals surface area contributed by atoms with E-state index in [0.717, 1.165) is 12.8 Å². The van der Waals surface area contributed by atoms with E-state index in [0.29, 0.717) is 17.5 Å². The lowest BCUT2D eigenvalue weighted by atomic mass is 9.98. The molecule has 0 fully saturated rings. The Hall–Kier alpha value is -3.54. The highest BCUT2D eigenvalue weighted by Crippen LogP contribution is 2.25. The van der Waals surface area contributed by atoms with Gasteiger partial charge in [0.1, 0.15) is 17.7 Å². The highest BCUT2D eigenvalue weighted by molar-refractivity contribution is 5.94. The van der Waals surface area contributed by atoms with Crippen molar-refractivity contribution in [2.45, 2.75) is 97.4 Å². The predicted molar refractivity (Wildman–Crippen MR) is 143 cm³/mol. The maximum absolute atomic E-state index is 13.9. The van der Waals surface area contributed by atoms with Crippen LogP contribution in [0.4, 0.5) is 4.79 Å². The zero-order valence-corrected chi connectivity index (χ0v) is 23.1. The molecule has 4 N–H and O–H groups in total. The fourth-order valence-corrected chi connectivity index (χ4v) is 3.62. The first-order valence-corrected chi connectivity index (χ1v) is 12.5. The van der Waals surface area contributed by atoms with Crippen LogP contribution in [-0.2, 0) is 19.1 Å². The smallest absolute Gasteiger partial charge is 0.408 e. The van der Waals surface area contributed by atoms with Gasteiger partial charge in [-0.05, 0) is 65.7 Å². The van der Waals surface area contributed by atoms with E-state index in [9.17, 15) is 19.2 Å². The van der Waals surface area contributed by atoms with Gasteiger partial charge in [-0.3, -0.25) is 14.4 Å². The minimum absolute atomic E-state index is 0.219. The lowest BCUT2D eigenvalue weighted by Gasteiger charge is -2.36. The average molecular weight is 515 g/mol. The van der Waals surface area contributed by atoms with Crippen molar-refractivity contribution in [1.82, 2.24) is 15.5 Å². The Labute approximate surface area is 220 Å². The molecule has 1 rings (SSSR count). The average Bonchev–Trinajstić information content (AvgIpc) is 2.75. The van der Waals surface area contributed by atoms with Gasteiger partial charge in [0.15, 0.2) is 0 Å². The lowest BCUT2D eigenvalue weighted by Crippen LogP contribution is -2.55. The fourth-order valence-electron chi connectivity index (χ4n) is 3.62. The number of terminal acetylenes is 1. The highest BCUT2D eigenvalue weighted by Gasteiger charge is 2.37. The number of nitrogens with one attached hydrogen (secondary N) is 2. The van der Waals surface area contributed by atoms with Gasteiger partial charge in [0, 0.05) is 17.6 Å². The van der Waals surface area contributed by atoms with E-state index >= 15 is 0 Å². The topological polar surface area (TPSA) is 131 Å². The Morgan fingerprint density at radius 1 is 1.05 bits per heavy atom. The summed E-state index contributed by atoms with van der Waals surface area (Å²) in [6.07, 6.45) is 6.49. The van der Waals surface area contributed by atoms with Crippen molar-refractivity contribution in [2.24, 2.45) is 5.73 Å². The van der Waals surface area contributed by atoms with E-state index < -0.39 is 53.5 Å². The molecule has 0 spiro atoms. The summed E-state index contributed by atoms with van der Waals surface area (Å²) in [5.41, 5.74) is 5.19. The van der Waals surface area contributed by atoms with E-state index in [1.807, 2.05) is 27.7 Å². The molecule has 0 heterocycles. The molecule has 1 aromatic carbocycles. The summed E-state index contributed by atoms with van der Waals surface area (Å²) in [4.78, 5) is 53.3. The first-order valence-electron chi connectivity index (χ1n) is 12.5. The predicted octanol–water partition coefficient (Wildman–Crippen LogP) is 3.41. The maximum Gasteiger partial charge on any atom is 0.408 e. The quantitative estimate of drug-likeness (QED) is 0.308. The van der Waals surface area contributed by atoms with Gasteiger partial charge in [-0.1, -0.05) is 37.8 Å². The number of nitrogens with two attached hydrogens (primary N) is 1. The van der Waals surface area contributed by atoms with Crippen LogP contribution in [0.1, 0.15) is 91.3 Å². The summed E-state index contributed by atoms with van der Waals surface area (Å²) in [5.74, 6) is 0.743. The number of benzene rings is 1. The summed E-state index contributed by atoms with van der Waals surface area (Å²) in [7, 11) is 0. The molecule has 0 aliphatic rings. The molecule has 2 atom stereocenters. The molecule has 37 heavy (non-hydrogen) atoms. The zero-order chi connectivity index (χ0) is 28.4. The number of amides is 4. The number of primary amides is 1. The summed E-state index contributed by atoms with van der Waals surface area (Å²) >= 11 is 0. The number of alkyl carbamates (subject to hydrolysis) is 1. The van der Waals surface area contributed by atoms with Gasteiger partial charge in [-0.2, -0.15) is 0 Å². The number of rotatable bonds is 11. The van der Waals surface area contributed by atoms with Gasteiger partial charge in [-0.25, -0.2) is 4.79 Å². The molecular weight excluding hydrogens is 472 g/mol. The van der Waals surface area contributed by atoms with E-state index in [1.54, 1.807) is 45.0 Å². The third kappa shape index (κ3) is 11.4. The van der Waals surface area contributed by atoms with Gasteiger partial charge in [-0.15, -0.1) is 6.42 Å². The molecule has 0 aliphatic heterocycles. The summed E-state index contributed by atoms with van der Waals surface area (Å²) in [5, 5.41) is 5.42. The second-order valence-electron chi connectivity index (χ2n) is 11.0. The molecule has 9 nitrogen and oxygen atoms in total. The van der Waals surface area contributed by atoms with Crippen molar-refractivity contribution in [3.8, 4) is 12.3 Å². The fraction of sp³-hybridized carbons (Fsp3) is 0.571. The number of nitrogens with zero attached hydrogens (tertiary/aromatic N) is 1. The Morgan fingerprint density at radius 2 is 1.65 bits per heavy atom. The first kappa shape index (κ1) is 31.5. The molecule has 4 amide bonds. The minimum Gasteiger partial charge on any atom is -0.444 e. The second kappa shape index (κ2) is 13.7. The number of carbonyl (C=O) groups is 4. The van der Waals surface area contributed by atoms with Crippen LogP contribution in [0.2, 0.25) is 0 Å². The molecule has 0 aromatic heterocycles. The second-order valence-corrected chi connectivity index (χ2v) is 11.0. The minimum atomic E-state index is -1.32. The molecule has 0 saturated carbocycles. The van der Waals surface area contributed by atoms with E-state index in [2.05, 4.69) is 16.6 Å². The molecule has 0 aliphatic carbocycles. The van der Waals surface area contributed by atoms with Crippen LogP contribution in [0.5, 0.6) is 0 Å². The first-order chi connectivity index (χ1) is 17.1. The van der Waals surface area contributed by atoms with Crippen molar-refractivity contribution in [3.05, 3.63) is 35.4 Å². The molecule has 0 bridgehead atoms. The molecular formula is C28H42N4O5.